The van der Waals surface area contributed by atoms with Crippen molar-refractivity contribution in [3.8, 4) is 0 Å². The SMILES string of the molecule is CCNCC1CCCN(Cc2sccc2C)C1. The molecule has 2 nitrogen and oxygen atoms in total. The molecule has 0 amide bonds. The fraction of sp³-hybridized carbons (Fsp3) is 0.714. The Morgan fingerprint density at radius 2 is 2.41 bits per heavy atom. The Morgan fingerprint density at radius 1 is 1.53 bits per heavy atom. The third kappa shape index (κ3) is 3.80. The summed E-state index contributed by atoms with van der Waals surface area (Å²) < 4.78 is 0. The zero-order valence-electron chi connectivity index (χ0n) is 11.0. The van der Waals surface area contributed by atoms with Crippen molar-refractivity contribution in [2.24, 2.45) is 5.92 Å². The Kier molecular flexibility index (Phi) is 5.01. The first-order chi connectivity index (χ1) is 8.29. The van der Waals surface area contributed by atoms with Crippen LogP contribution in [0.25, 0.3) is 0 Å². The number of nitrogens with one attached hydrogen (secondary N) is 1. The molecular formula is C14H24N2S. The minimum atomic E-state index is 0.851. The van der Waals surface area contributed by atoms with E-state index in [1.807, 2.05) is 11.3 Å². The normalized spacial score (nSPS) is 21.9. The maximum Gasteiger partial charge on any atom is 0.0330 e. The summed E-state index contributed by atoms with van der Waals surface area (Å²) in [5.74, 6) is 0.851. The van der Waals surface area contributed by atoms with Crippen LogP contribution in [0.4, 0.5) is 0 Å². The molecule has 0 radical (unpaired) electrons. The number of aryl methyl sites for hydroxylation is 1. The van der Waals surface area contributed by atoms with Crippen LogP contribution in [0.3, 0.4) is 0 Å². The number of rotatable bonds is 5. The van der Waals surface area contributed by atoms with Crippen molar-refractivity contribution in [2.45, 2.75) is 33.2 Å². The van der Waals surface area contributed by atoms with Crippen molar-refractivity contribution in [3.63, 3.8) is 0 Å². The highest BCUT2D eigenvalue weighted by molar-refractivity contribution is 7.10. The van der Waals surface area contributed by atoms with Gasteiger partial charge in [-0.25, -0.2) is 0 Å². The van der Waals surface area contributed by atoms with E-state index in [1.165, 1.54) is 38.0 Å². The molecule has 0 aliphatic carbocycles. The largest absolute Gasteiger partial charge is 0.317 e. The van der Waals surface area contributed by atoms with Gasteiger partial charge in [0.15, 0.2) is 0 Å². The molecule has 1 aromatic rings. The van der Waals surface area contributed by atoms with E-state index in [0.717, 1.165) is 19.0 Å². The summed E-state index contributed by atoms with van der Waals surface area (Å²) in [5, 5.41) is 5.70. The number of hydrogen-bond donors (Lipinski definition) is 1. The summed E-state index contributed by atoms with van der Waals surface area (Å²) in [6.07, 6.45) is 2.76. The summed E-state index contributed by atoms with van der Waals surface area (Å²) in [5.41, 5.74) is 1.46. The molecule has 2 rings (SSSR count). The monoisotopic (exact) mass is 252 g/mol. The molecule has 1 saturated heterocycles. The van der Waals surface area contributed by atoms with E-state index >= 15 is 0 Å². The molecule has 1 atom stereocenters. The standard InChI is InChI=1S/C14H24N2S/c1-3-15-9-13-5-4-7-16(10-13)11-14-12(2)6-8-17-14/h6,8,13,15H,3-5,7,9-11H2,1-2H3. The minimum absolute atomic E-state index is 0.851. The average Bonchev–Trinajstić information content (AvgIpc) is 2.73. The number of likely N-dealkylation sites (tertiary alicyclic amines) is 1. The van der Waals surface area contributed by atoms with E-state index in [0.29, 0.717) is 0 Å². The third-order valence-corrected chi connectivity index (χ3v) is 4.63. The van der Waals surface area contributed by atoms with Crippen LogP contribution in [0, 0.1) is 12.8 Å². The molecule has 0 aromatic carbocycles. The minimum Gasteiger partial charge on any atom is -0.317 e. The summed E-state index contributed by atoms with van der Waals surface area (Å²) in [4.78, 5) is 4.18. The predicted octanol–water partition coefficient (Wildman–Crippen LogP) is 2.88. The van der Waals surface area contributed by atoms with Crippen LogP contribution >= 0.6 is 11.3 Å². The zero-order chi connectivity index (χ0) is 12.1. The molecule has 96 valence electrons. The van der Waals surface area contributed by atoms with Gasteiger partial charge in [-0.2, -0.15) is 0 Å². The highest BCUT2D eigenvalue weighted by Gasteiger charge is 2.20. The predicted molar refractivity (Wildman–Crippen MR) is 75.6 cm³/mol. The van der Waals surface area contributed by atoms with Crippen molar-refractivity contribution in [2.75, 3.05) is 26.2 Å². The van der Waals surface area contributed by atoms with Gasteiger partial charge in [0.1, 0.15) is 0 Å². The van der Waals surface area contributed by atoms with E-state index in [-0.39, 0.29) is 0 Å². The van der Waals surface area contributed by atoms with Gasteiger partial charge in [-0.3, -0.25) is 4.90 Å². The maximum absolute atomic E-state index is 3.48. The van der Waals surface area contributed by atoms with E-state index in [4.69, 9.17) is 0 Å². The molecule has 1 fully saturated rings. The van der Waals surface area contributed by atoms with Crippen molar-refractivity contribution >= 4 is 11.3 Å². The summed E-state index contributed by atoms with van der Waals surface area (Å²) in [7, 11) is 0. The lowest BCUT2D eigenvalue weighted by molar-refractivity contribution is 0.167. The summed E-state index contributed by atoms with van der Waals surface area (Å²) in [6.45, 7) is 10.4. The molecule has 1 aromatic heterocycles. The Labute approximate surface area is 109 Å². The molecule has 0 saturated carbocycles. The van der Waals surface area contributed by atoms with Gasteiger partial charge in [-0.1, -0.05) is 6.92 Å². The molecule has 1 aliphatic rings. The fourth-order valence-corrected chi connectivity index (χ4v) is 3.53. The van der Waals surface area contributed by atoms with Gasteiger partial charge < -0.3 is 5.32 Å². The van der Waals surface area contributed by atoms with Gasteiger partial charge in [-0.15, -0.1) is 11.3 Å². The topological polar surface area (TPSA) is 15.3 Å². The molecule has 2 heterocycles. The molecule has 17 heavy (non-hydrogen) atoms. The van der Waals surface area contributed by atoms with Crippen LogP contribution in [-0.4, -0.2) is 31.1 Å². The van der Waals surface area contributed by atoms with Gasteiger partial charge in [0.05, 0.1) is 0 Å². The smallest absolute Gasteiger partial charge is 0.0330 e. The highest BCUT2D eigenvalue weighted by atomic mass is 32.1. The average molecular weight is 252 g/mol. The van der Waals surface area contributed by atoms with E-state index in [9.17, 15) is 0 Å². The second kappa shape index (κ2) is 6.53. The fourth-order valence-electron chi connectivity index (χ4n) is 2.58. The second-order valence-corrected chi connectivity index (χ2v) is 6.08. The molecule has 0 spiro atoms. The van der Waals surface area contributed by atoms with Crippen molar-refractivity contribution in [1.82, 2.24) is 10.2 Å². The molecule has 3 heteroatoms. The van der Waals surface area contributed by atoms with Gasteiger partial charge in [0.25, 0.3) is 0 Å². The Balaban J connectivity index is 1.83. The zero-order valence-corrected chi connectivity index (χ0v) is 11.9. The van der Waals surface area contributed by atoms with Crippen molar-refractivity contribution in [3.05, 3.63) is 21.9 Å². The number of hydrogen-bond acceptors (Lipinski definition) is 3. The van der Waals surface area contributed by atoms with Crippen LogP contribution in [0.5, 0.6) is 0 Å². The lowest BCUT2D eigenvalue weighted by Gasteiger charge is -2.32. The molecule has 1 N–H and O–H groups in total. The van der Waals surface area contributed by atoms with Crippen LogP contribution < -0.4 is 5.32 Å². The second-order valence-electron chi connectivity index (χ2n) is 5.08. The first-order valence-electron chi connectivity index (χ1n) is 6.75. The number of piperidine rings is 1. The number of nitrogens with zero attached hydrogens (tertiary/aromatic N) is 1. The lowest BCUT2D eigenvalue weighted by atomic mass is 9.98. The number of thiophene rings is 1. The Bertz CT molecular complexity index is 335. The van der Waals surface area contributed by atoms with E-state index < -0.39 is 0 Å². The molecule has 0 bridgehead atoms. The lowest BCUT2D eigenvalue weighted by Crippen LogP contribution is -2.39. The summed E-state index contributed by atoms with van der Waals surface area (Å²) in [6, 6.07) is 2.24. The van der Waals surface area contributed by atoms with Gasteiger partial charge in [0.2, 0.25) is 0 Å². The van der Waals surface area contributed by atoms with Gasteiger partial charge in [0, 0.05) is 18.0 Å². The van der Waals surface area contributed by atoms with Crippen molar-refractivity contribution < 1.29 is 0 Å². The molecular weight excluding hydrogens is 228 g/mol. The van der Waals surface area contributed by atoms with Crippen LogP contribution in [0.15, 0.2) is 11.4 Å². The van der Waals surface area contributed by atoms with E-state index in [1.54, 1.807) is 4.88 Å². The first kappa shape index (κ1) is 13.1. The Morgan fingerprint density at radius 3 is 3.12 bits per heavy atom. The van der Waals surface area contributed by atoms with Gasteiger partial charge >= 0.3 is 0 Å². The molecule has 1 unspecified atom stereocenters. The third-order valence-electron chi connectivity index (χ3n) is 3.62. The highest BCUT2D eigenvalue weighted by Crippen LogP contribution is 2.22. The Hall–Kier alpha value is -0.380. The van der Waals surface area contributed by atoms with Crippen LogP contribution in [0.1, 0.15) is 30.2 Å². The summed E-state index contributed by atoms with van der Waals surface area (Å²) >= 11 is 1.90. The van der Waals surface area contributed by atoms with Crippen molar-refractivity contribution in [1.29, 1.82) is 0 Å². The van der Waals surface area contributed by atoms with Crippen LogP contribution in [-0.2, 0) is 6.54 Å². The maximum atomic E-state index is 3.48. The van der Waals surface area contributed by atoms with Crippen LogP contribution in [0.2, 0.25) is 0 Å². The van der Waals surface area contributed by atoms with E-state index in [2.05, 4.69) is 35.5 Å². The quantitative estimate of drug-likeness (QED) is 0.867. The first-order valence-corrected chi connectivity index (χ1v) is 7.63. The van der Waals surface area contributed by atoms with Gasteiger partial charge in [-0.05, 0) is 62.3 Å². The molecule has 1 aliphatic heterocycles.